The fourth-order valence-corrected chi connectivity index (χ4v) is 2.76. The Bertz CT molecular complexity index is 853. The van der Waals surface area contributed by atoms with Gasteiger partial charge in [0.15, 0.2) is 0 Å². The smallest absolute Gasteiger partial charge is 0.231 e. The number of nitrogens with one attached hydrogen (secondary N) is 1. The van der Waals surface area contributed by atoms with Crippen LogP contribution in [0.4, 0.5) is 5.69 Å². The van der Waals surface area contributed by atoms with Crippen molar-refractivity contribution in [1.82, 2.24) is 19.9 Å². The standard InChI is InChI=1S/C18H21N5O3/c1-12(17-13(2)22-26-14(17)3)18(24)21-15-5-4-6-16(9-15)25-8-7-23-11-19-10-20-23/h4-6,9-12H,7-8H2,1-3H3,(H,21,24). The van der Waals surface area contributed by atoms with Gasteiger partial charge in [0.25, 0.3) is 0 Å². The van der Waals surface area contributed by atoms with Crippen LogP contribution in [0.25, 0.3) is 0 Å². The zero-order valence-electron chi connectivity index (χ0n) is 15.0. The van der Waals surface area contributed by atoms with E-state index in [1.54, 1.807) is 17.1 Å². The van der Waals surface area contributed by atoms with Gasteiger partial charge in [-0.1, -0.05) is 11.2 Å². The molecule has 1 aromatic carbocycles. The maximum absolute atomic E-state index is 12.6. The van der Waals surface area contributed by atoms with Gasteiger partial charge >= 0.3 is 0 Å². The maximum atomic E-state index is 12.6. The Morgan fingerprint density at radius 3 is 2.92 bits per heavy atom. The number of hydrogen-bond acceptors (Lipinski definition) is 6. The molecule has 0 aliphatic heterocycles. The first-order valence-corrected chi connectivity index (χ1v) is 8.33. The summed E-state index contributed by atoms with van der Waals surface area (Å²) in [5.41, 5.74) is 2.23. The van der Waals surface area contributed by atoms with Crippen molar-refractivity contribution >= 4 is 11.6 Å². The molecule has 0 saturated heterocycles. The lowest BCUT2D eigenvalue weighted by Gasteiger charge is -2.13. The molecule has 1 N–H and O–H groups in total. The topological polar surface area (TPSA) is 95.1 Å². The summed E-state index contributed by atoms with van der Waals surface area (Å²) in [6.07, 6.45) is 3.12. The Morgan fingerprint density at radius 2 is 2.23 bits per heavy atom. The number of benzene rings is 1. The van der Waals surface area contributed by atoms with Gasteiger partial charge in [0, 0.05) is 17.3 Å². The number of anilines is 1. The molecule has 0 saturated carbocycles. The number of hydrogen-bond donors (Lipinski definition) is 1. The van der Waals surface area contributed by atoms with Gasteiger partial charge in [-0.15, -0.1) is 0 Å². The third-order valence-electron chi connectivity index (χ3n) is 4.07. The Labute approximate surface area is 151 Å². The number of aryl methyl sites for hydroxylation is 2. The van der Waals surface area contributed by atoms with Crippen LogP contribution < -0.4 is 10.1 Å². The van der Waals surface area contributed by atoms with E-state index in [-0.39, 0.29) is 11.8 Å². The van der Waals surface area contributed by atoms with Gasteiger partial charge in [-0.3, -0.25) is 4.79 Å². The van der Waals surface area contributed by atoms with Crippen LogP contribution in [0.2, 0.25) is 0 Å². The van der Waals surface area contributed by atoms with Crippen LogP contribution in [0.15, 0.2) is 41.4 Å². The van der Waals surface area contributed by atoms with Crippen LogP contribution in [0, 0.1) is 13.8 Å². The summed E-state index contributed by atoms with van der Waals surface area (Å²) >= 11 is 0. The Kier molecular flexibility index (Phi) is 5.31. The van der Waals surface area contributed by atoms with Crippen LogP contribution >= 0.6 is 0 Å². The largest absolute Gasteiger partial charge is 0.492 e. The molecule has 8 nitrogen and oxygen atoms in total. The lowest BCUT2D eigenvalue weighted by atomic mass is 9.98. The van der Waals surface area contributed by atoms with Gasteiger partial charge in [-0.25, -0.2) is 9.67 Å². The fraction of sp³-hybridized carbons (Fsp3) is 0.333. The highest BCUT2D eigenvalue weighted by Gasteiger charge is 2.23. The lowest BCUT2D eigenvalue weighted by Crippen LogP contribution is -2.19. The Morgan fingerprint density at radius 1 is 1.38 bits per heavy atom. The number of nitrogens with zero attached hydrogens (tertiary/aromatic N) is 4. The molecule has 0 bridgehead atoms. The van der Waals surface area contributed by atoms with Gasteiger partial charge in [-0.05, 0) is 32.9 Å². The average molecular weight is 355 g/mol. The highest BCUT2D eigenvalue weighted by molar-refractivity contribution is 5.96. The van der Waals surface area contributed by atoms with Crippen LogP contribution in [0.3, 0.4) is 0 Å². The predicted molar refractivity (Wildman–Crippen MR) is 95.0 cm³/mol. The van der Waals surface area contributed by atoms with E-state index in [2.05, 4.69) is 20.6 Å². The molecule has 1 atom stereocenters. The molecule has 1 unspecified atom stereocenters. The molecule has 0 aliphatic rings. The second-order valence-electron chi connectivity index (χ2n) is 5.98. The van der Waals surface area contributed by atoms with E-state index < -0.39 is 0 Å². The van der Waals surface area contributed by atoms with Crippen molar-refractivity contribution in [2.24, 2.45) is 0 Å². The van der Waals surface area contributed by atoms with E-state index in [9.17, 15) is 4.79 Å². The van der Waals surface area contributed by atoms with Crippen LogP contribution in [0.5, 0.6) is 5.75 Å². The van der Waals surface area contributed by atoms with E-state index in [4.69, 9.17) is 9.26 Å². The highest BCUT2D eigenvalue weighted by Crippen LogP contribution is 2.25. The van der Waals surface area contributed by atoms with Crippen molar-refractivity contribution in [3.63, 3.8) is 0 Å². The van der Waals surface area contributed by atoms with E-state index in [1.807, 2.05) is 39.0 Å². The first kappa shape index (κ1) is 17.7. The zero-order chi connectivity index (χ0) is 18.5. The maximum Gasteiger partial charge on any atom is 0.231 e. The third kappa shape index (κ3) is 4.08. The Balaban J connectivity index is 1.60. The van der Waals surface area contributed by atoms with E-state index >= 15 is 0 Å². The molecule has 3 aromatic rings. The van der Waals surface area contributed by atoms with E-state index in [0.29, 0.717) is 30.3 Å². The van der Waals surface area contributed by atoms with E-state index in [0.717, 1.165) is 11.3 Å². The minimum Gasteiger partial charge on any atom is -0.492 e. The molecular formula is C18H21N5O3. The second-order valence-corrected chi connectivity index (χ2v) is 5.98. The highest BCUT2D eigenvalue weighted by atomic mass is 16.5. The summed E-state index contributed by atoms with van der Waals surface area (Å²) in [6.45, 7) is 6.53. The molecule has 26 heavy (non-hydrogen) atoms. The third-order valence-corrected chi connectivity index (χ3v) is 4.07. The molecule has 136 valence electrons. The van der Waals surface area contributed by atoms with Gasteiger partial charge in [0.05, 0.1) is 18.2 Å². The van der Waals surface area contributed by atoms with Crippen molar-refractivity contribution < 1.29 is 14.1 Å². The van der Waals surface area contributed by atoms with Crippen molar-refractivity contribution in [2.45, 2.75) is 33.2 Å². The van der Waals surface area contributed by atoms with Gasteiger partial charge in [0.1, 0.15) is 30.8 Å². The number of carbonyl (C=O) groups is 1. The molecule has 0 spiro atoms. The summed E-state index contributed by atoms with van der Waals surface area (Å²) in [6, 6.07) is 7.29. The normalized spacial score (nSPS) is 12.0. The van der Waals surface area contributed by atoms with Crippen molar-refractivity contribution in [3.05, 3.63) is 53.9 Å². The van der Waals surface area contributed by atoms with Crippen LogP contribution in [-0.2, 0) is 11.3 Å². The number of carbonyl (C=O) groups excluding carboxylic acids is 1. The van der Waals surface area contributed by atoms with Crippen molar-refractivity contribution in [2.75, 3.05) is 11.9 Å². The zero-order valence-corrected chi connectivity index (χ0v) is 15.0. The lowest BCUT2D eigenvalue weighted by molar-refractivity contribution is -0.117. The van der Waals surface area contributed by atoms with Gasteiger partial charge < -0.3 is 14.6 Å². The van der Waals surface area contributed by atoms with E-state index in [1.165, 1.54) is 6.33 Å². The molecule has 0 aliphatic carbocycles. The SMILES string of the molecule is Cc1noc(C)c1C(C)C(=O)Nc1cccc(OCCn2cncn2)c1. The second kappa shape index (κ2) is 7.81. The first-order valence-electron chi connectivity index (χ1n) is 8.33. The number of amides is 1. The van der Waals surface area contributed by atoms with Gasteiger partial charge in [0.2, 0.25) is 5.91 Å². The van der Waals surface area contributed by atoms with Crippen LogP contribution in [-0.4, -0.2) is 32.4 Å². The summed E-state index contributed by atoms with van der Waals surface area (Å²) in [7, 11) is 0. The summed E-state index contributed by atoms with van der Waals surface area (Å²) in [4.78, 5) is 16.4. The number of aromatic nitrogens is 4. The van der Waals surface area contributed by atoms with Crippen LogP contribution in [0.1, 0.15) is 29.9 Å². The molecular weight excluding hydrogens is 334 g/mol. The molecule has 0 radical (unpaired) electrons. The van der Waals surface area contributed by atoms with Gasteiger partial charge in [-0.2, -0.15) is 5.10 Å². The summed E-state index contributed by atoms with van der Waals surface area (Å²) < 4.78 is 12.5. The molecule has 1 amide bonds. The predicted octanol–water partition coefficient (Wildman–Crippen LogP) is 2.70. The summed E-state index contributed by atoms with van der Waals surface area (Å²) in [5, 5.41) is 10.8. The first-order chi connectivity index (χ1) is 12.5. The molecule has 3 rings (SSSR count). The fourth-order valence-electron chi connectivity index (χ4n) is 2.76. The Hall–Kier alpha value is -3.16. The number of rotatable bonds is 7. The van der Waals surface area contributed by atoms with Crippen molar-refractivity contribution in [1.29, 1.82) is 0 Å². The molecule has 2 aromatic heterocycles. The average Bonchev–Trinajstić information content (AvgIpc) is 3.25. The minimum atomic E-state index is -0.363. The monoisotopic (exact) mass is 355 g/mol. The van der Waals surface area contributed by atoms with Crippen molar-refractivity contribution in [3.8, 4) is 5.75 Å². The molecule has 8 heteroatoms. The molecule has 2 heterocycles. The summed E-state index contributed by atoms with van der Waals surface area (Å²) in [5.74, 6) is 0.848. The quantitative estimate of drug-likeness (QED) is 0.700. The molecule has 0 fully saturated rings. The number of ether oxygens (including phenoxy) is 1. The minimum absolute atomic E-state index is 0.126.